The Morgan fingerprint density at radius 2 is 2.10 bits per heavy atom. The average molecular weight is 302 g/mol. The molecule has 0 bridgehead atoms. The van der Waals surface area contributed by atoms with Gasteiger partial charge in [-0.05, 0) is 11.6 Å². The van der Waals surface area contributed by atoms with Crippen molar-refractivity contribution < 1.29 is 22.4 Å². The highest BCUT2D eigenvalue weighted by atomic mass is 19.4. The van der Waals surface area contributed by atoms with Crippen LogP contribution in [0.3, 0.4) is 0 Å². The van der Waals surface area contributed by atoms with Crippen LogP contribution in [0.1, 0.15) is 11.4 Å². The smallest absolute Gasteiger partial charge is 0.372 e. The summed E-state index contributed by atoms with van der Waals surface area (Å²) in [4.78, 5) is 8.14. The first-order chi connectivity index (χ1) is 9.98. The maximum atomic E-state index is 11.9. The normalized spacial score (nSPS) is 11.8. The molecule has 0 radical (unpaired) electrons. The summed E-state index contributed by atoms with van der Waals surface area (Å²) in [5, 5.41) is 3.66. The number of pyridine rings is 1. The molecule has 2 aromatic rings. The van der Waals surface area contributed by atoms with E-state index in [4.69, 9.17) is 10.3 Å². The molecule has 2 heterocycles. The predicted molar refractivity (Wildman–Crippen MR) is 66.0 cm³/mol. The van der Waals surface area contributed by atoms with E-state index in [2.05, 4.69) is 19.9 Å². The second kappa shape index (κ2) is 6.64. The largest absolute Gasteiger partial charge is 0.411 e. The lowest BCUT2D eigenvalue weighted by atomic mass is 10.2. The Hall–Kier alpha value is -2.00. The Balaban J connectivity index is 1.88. The number of ether oxygens (including phenoxy) is 1. The van der Waals surface area contributed by atoms with Gasteiger partial charge in [0.15, 0.2) is 5.82 Å². The molecule has 6 nitrogen and oxygen atoms in total. The highest BCUT2D eigenvalue weighted by molar-refractivity contribution is 5.46. The minimum atomic E-state index is -4.34. The summed E-state index contributed by atoms with van der Waals surface area (Å²) < 4.78 is 45.1. The van der Waals surface area contributed by atoms with Crippen LogP contribution >= 0.6 is 0 Å². The summed E-state index contributed by atoms with van der Waals surface area (Å²) >= 11 is 0. The van der Waals surface area contributed by atoms with Gasteiger partial charge in [-0.1, -0.05) is 11.2 Å². The Morgan fingerprint density at radius 3 is 2.71 bits per heavy atom. The van der Waals surface area contributed by atoms with E-state index in [1.54, 1.807) is 18.3 Å². The number of halogens is 3. The van der Waals surface area contributed by atoms with Crippen LogP contribution in [0.2, 0.25) is 0 Å². The van der Waals surface area contributed by atoms with Crippen LogP contribution in [0.25, 0.3) is 11.6 Å². The van der Waals surface area contributed by atoms with Gasteiger partial charge in [-0.3, -0.25) is 4.98 Å². The van der Waals surface area contributed by atoms with Gasteiger partial charge in [0.05, 0.1) is 6.61 Å². The van der Waals surface area contributed by atoms with Crippen molar-refractivity contribution in [1.29, 1.82) is 0 Å². The third-order valence-electron chi connectivity index (χ3n) is 2.48. The summed E-state index contributed by atoms with van der Waals surface area (Å²) in [5.41, 5.74) is 6.79. The number of hydrogen-bond acceptors (Lipinski definition) is 6. The molecule has 21 heavy (non-hydrogen) atoms. The van der Waals surface area contributed by atoms with Crippen molar-refractivity contribution in [3.8, 4) is 11.6 Å². The van der Waals surface area contributed by atoms with Crippen LogP contribution in [-0.4, -0.2) is 34.5 Å². The van der Waals surface area contributed by atoms with Crippen LogP contribution in [-0.2, 0) is 17.7 Å². The van der Waals surface area contributed by atoms with E-state index < -0.39 is 12.8 Å². The van der Waals surface area contributed by atoms with E-state index in [-0.39, 0.29) is 24.7 Å². The molecule has 0 aromatic carbocycles. The standard InChI is InChI=1S/C12H13F3N4O2/c13-12(14,15)7-20-4-3-10-18-11(21-19-10)9-2-1-8(5-16)6-17-9/h1-2,6H,3-5,7,16H2. The van der Waals surface area contributed by atoms with Gasteiger partial charge in [0, 0.05) is 19.2 Å². The second-order valence-corrected chi connectivity index (χ2v) is 4.19. The van der Waals surface area contributed by atoms with Gasteiger partial charge in [0.1, 0.15) is 12.3 Å². The van der Waals surface area contributed by atoms with Crippen LogP contribution < -0.4 is 5.73 Å². The van der Waals surface area contributed by atoms with Crippen LogP contribution in [0.4, 0.5) is 13.2 Å². The molecule has 0 aliphatic rings. The molecule has 0 saturated carbocycles. The SMILES string of the molecule is NCc1ccc(-c2nc(CCOCC(F)(F)F)no2)nc1. The van der Waals surface area contributed by atoms with Crippen molar-refractivity contribution in [3.63, 3.8) is 0 Å². The number of rotatable bonds is 6. The lowest BCUT2D eigenvalue weighted by Gasteiger charge is -2.05. The second-order valence-electron chi connectivity index (χ2n) is 4.19. The molecule has 114 valence electrons. The van der Waals surface area contributed by atoms with E-state index in [0.717, 1.165) is 5.56 Å². The number of aromatic nitrogens is 3. The maximum Gasteiger partial charge on any atom is 0.411 e. The molecular weight excluding hydrogens is 289 g/mol. The first-order valence-corrected chi connectivity index (χ1v) is 6.10. The molecule has 2 aromatic heterocycles. The molecule has 2 rings (SSSR count). The Morgan fingerprint density at radius 1 is 1.29 bits per heavy atom. The number of alkyl halides is 3. The van der Waals surface area contributed by atoms with Crippen molar-refractivity contribution in [2.24, 2.45) is 5.73 Å². The van der Waals surface area contributed by atoms with Crippen molar-refractivity contribution >= 4 is 0 Å². The lowest BCUT2D eigenvalue weighted by Crippen LogP contribution is -2.18. The molecule has 2 N–H and O–H groups in total. The van der Waals surface area contributed by atoms with Crippen molar-refractivity contribution in [2.45, 2.75) is 19.1 Å². The number of hydrogen-bond donors (Lipinski definition) is 1. The van der Waals surface area contributed by atoms with Crippen LogP contribution in [0.15, 0.2) is 22.9 Å². The zero-order valence-corrected chi connectivity index (χ0v) is 10.9. The van der Waals surface area contributed by atoms with Gasteiger partial charge in [0.25, 0.3) is 5.89 Å². The highest BCUT2D eigenvalue weighted by Gasteiger charge is 2.27. The van der Waals surface area contributed by atoms with Crippen molar-refractivity contribution in [3.05, 3.63) is 29.7 Å². The average Bonchev–Trinajstić information content (AvgIpc) is 2.91. The third-order valence-corrected chi connectivity index (χ3v) is 2.48. The Kier molecular flexibility index (Phi) is 4.86. The summed E-state index contributed by atoms with van der Waals surface area (Å²) in [7, 11) is 0. The summed E-state index contributed by atoms with van der Waals surface area (Å²) in [5.74, 6) is 0.460. The van der Waals surface area contributed by atoms with E-state index in [1.807, 2.05) is 0 Å². The zero-order chi connectivity index (χ0) is 15.3. The molecule has 0 atom stereocenters. The van der Waals surface area contributed by atoms with E-state index in [9.17, 15) is 13.2 Å². The highest BCUT2D eigenvalue weighted by Crippen LogP contribution is 2.16. The minimum absolute atomic E-state index is 0.125. The number of nitrogens with zero attached hydrogens (tertiary/aromatic N) is 3. The topological polar surface area (TPSA) is 87.1 Å². The van der Waals surface area contributed by atoms with Gasteiger partial charge in [-0.2, -0.15) is 18.2 Å². The molecular formula is C12H13F3N4O2. The zero-order valence-electron chi connectivity index (χ0n) is 10.9. The Labute approximate surface area is 118 Å². The van der Waals surface area contributed by atoms with E-state index >= 15 is 0 Å². The minimum Gasteiger partial charge on any atom is -0.372 e. The third kappa shape index (κ3) is 4.80. The monoisotopic (exact) mass is 302 g/mol. The van der Waals surface area contributed by atoms with Crippen LogP contribution in [0.5, 0.6) is 0 Å². The molecule has 0 unspecified atom stereocenters. The van der Waals surface area contributed by atoms with Gasteiger partial charge in [-0.25, -0.2) is 0 Å². The molecule has 0 spiro atoms. The van der Waals surface area contributed by atoms with E-state index in [0.29, 0.717) is 12.2 Å². The molecule has 0 saturated heterocycles. The molecule has 0 fully saturated rings. The number of nitrogens with two attached hydrogens (primary N) is 1. The Bertz CT molecular complexity index is 569. The van der Waals surface area contributed by atoms with Crippen molar-refractivity contribution in [1.82, 2.24) is 15.1 Å². The van der Waals surface area contributed by atoms with Crippen LogP contribution in [0, 0.1) is 0 Å². The molecule has 9 heteroatoms. The summed E-state index contributed by atoms with van der Waals surface area (Å²) in [6, 6.07) is 3.46. The van der Waals surface area contributed by atoms with Crippen molar-refractivity contribution in [2.75, 3.05) is 13.2 Å². The predicted octanol–water partition coefficient (Wildman–Crippen LogP) is 1.71. The first-order valence-electron chi connectivity index (χ1n) is 6.10. The van der Waals surface area contributed by atoms with Gasteiger partial charge < -0.3 is 15.0 Å². The van der Waals surface area contributed by atoms with E-state index in [1.165, 1.54) is 0 Å². The van der Waals surface area contributed by atoms with Gasteiger partial charge in [-0.15, -0.1) is 0 Å². The maximum absolute atomic E-state index is 11.9. The summed E-state index contributed by atoms with van der Waals surface area (Å²) in [6.07, 6.45) is -2.62. The molecule has 0 amide bonds. The lowest BCUT2D eigenvalue weighted by molar-refractivity contribution is -0.173. The fourth-order valence-electron chi connectivity index (χ4n) is 1.48. The fraction of sp³-hybridized carbons (Fsp3) is 0.417. The first kappa shape index (κ1) is 15.4. The van der Waals surface area contributed by atoms with Gasteiger partial charge in [0.2, 0.25) is 0 Å². The summed E-state index contributed by atoms with van der Waals surface area (Å²) in [6.45, 7) is -1.06. The molecule has 0 aliphatic carbocycles. The fourth-order valence-corrected chi connectivity index (χ4v) is 1.48. The quantitative estimate of drug-likeness (QED) is 0.817. The van der Waals surface area contributed by atoms with Gasteiger partial charge >= 0.3 is 6.18 Å². The molecule has 0 aliphatic heterocycles.